The first-order chi connectivity index (χ1) is 14.2. The second-order valence-electron chi connectivity index (χ2n) is 6.76. The van der Waals surface area contributed by atoms with Crippen molar-refractivity contribution in [1.29, 1.82) is 0 Å². The third kappa shape index (κ3) is 4.53. The molecule has 0 fully saturated rings. The average molecular weight is 380 g/mol. The number of hydrogen-bond acceptors (Lipinski definition) is 3. The minimum atomic E-state index is -0.0192. The largest absolute Gasteiger partial charge is 0.508 e. The predicted octanol–water partition coefficient (Wildman–Crippen LogP) is 5.87. The van der Waals surface area contributed by atoms with E-state index in [2.05, 4.69) is 0 Å². The molecule has 0 atom stereocenters. The molecule has 0 aliphatic heterocycles. The number of carbonyl (C=O) groups is 1. The summed E-state index contributed by atoms with van der Waals surface area (Å²) in [6, 6.07) is 31.7. The van der Waals surface area contributed by atoms with Gasteiger partial charge in [-0.3, -0.25) is 4.79 Å². The number of rotatable bonds is 6. The van der Waals surface area contributed by atoms with E-state index in [0.29, 0.717) is 23.5 Å². The first-order valence-electron chi connectivity index (χ1n) is 9.40. The summed E-state index contributed by atoms with van der Waals surface area (Å²) < 4.78 is 5.89. The van der Waals surface area contributed by atoms with Crippen LogP contribution in [0, 0.1) is 0 Å². The van der Waals surface area contributed by atoms with Gasteiger partial charge in [-0.25, -0.2) is 0 Å². The van der Waals surface area contributed by atoms with Crippen molar-refractivity contribution in [2.75, 3.05) is 0 Å². The highest BCUT2D eigenvalue weighted by atomic mass is 16.5. The number of ketones is 1. The Morgan fingerprint density at radius 3 is 2.00 bits per heavy atom. The average Bonchev–Trinajstić information content (AvgIpc) is 2.79. The molecule has 0 bridgehead atoms. The lowest BCUT2D eigenvalue weighted by Gasteiger charge is -2.09. The van der Waals surface area contributed by atoms with Gasteiger partial charge in [-0.2, -0.15) is 0 Å². The van der Waals surface area contributed by atoms with Crippen molar-refractivity contribution in [3.63, 3.8) is 0 Å². The van der Waals surface area contributed by atoms with Gasteiger partial charge in [-0.1, -0.05) is 78.9 Å². The van der Waals surface area contributed by atoms with Gasteiger partial charge in [0.05, 0.1) is 0 Å². The van der Waals surface area contributed by atoms with Crippen LogP contribution in [0.2, 0.25) is 0 Å². The molecule has 4 aromatic rings. The topological polar surface area (TPSA) is 46.5 Å². The summed E-state index contributed by atoms with van der Waals surface area (Å²) >= 11 is 0. The third-order valence-electron chi connectivity index (χ3n) is 4.69. The van der Waals surface area contributed by atoms with Crippen molar-refractivity contribution in [1.82, 2.24) is 0 Å². The van der Waals surface area contributed by atoms with Crippen molar-refractivity contribution in [3.8, 4) is 22.6 Å². The van der Waals surface area contributed by atoms with Crippen LogP contribution in [0.1, 0.15) is 21.5 Å². The Hall–Kier alpha value is -3.85. The maximum atomic E-state index is 12.6. The summed E-state index contributed by atoms with van der Waals surface area (Å²) in [5.74, 6) is 0.899. The fourth-order valence-electron chi connectivity index (χ4n) is 3.10. The lowest BCUT2D eigenvalue weighted by Crippen LogP contribution is -2.02. The molecule has 0 unspecified atom stereocenters. The lowest BCUT2D eigenvalue weighted by molar-refractivity contribution is 0.103. The quantitative estimate of drug-likeness (QED) is 0.426. The van der Waals surface area contributed by atoms with Gasteiger partial charge in [0.15, 0.2) is 5.78 Å². The summed E-state index contributed by atoms with van der Waals surface area (Å²) in [5.41, 5.74) is 4.42. The van der Waals surface area contributed by atoms with E-state index in [9.17, 15) is 9.90 Å². The summed E-state index contributed by atoms with van der Waals surface area (Å²) in [6.07, 6.45) is 0. The molecule has 0 aliphatic carbocycles. The molecule has 0 amide bonds. The van der Waals surface area contributed by atoms with Crippen molar-refractivity contribution in [3.05, 3.63) is 120 Å². The first kappa shape index (κ1) is 18.5. The second kappa shape index (κ2) is 8.44. The van der Waals surface area contributed by atoms with E-state index < -0.39 is 0 Å². The van der Waals surface area contributed by atoms with Gasteiger partial charge < -0.3 is 9.84 Å². The molecule has 0 heterocycles. The predicted molar refractivity (Wildman–Crippen MR) is 114 cm³/mol. The van der Waals surface area contributed by atoms with Crippen LogP contribution in [-0.4, -0.2) is 10.9 Å². The van der Waals surface area contributed by atoms with E-state index in [1.165, 1.54) is 0 Å². The van der Waals surface area contributed by atoms with E-state index in [4.69, 9.17) is 4.74 Å². The van der Waals surface area contributed by atoms with E-state index in [1.807, 2.05) is 78.9 Å². The summed E-state index contributed by atoms with van der Waals surface area (Å²) in [5, 5.41) is 9.41. The van der Waals surface area contributed by atoms with Gasteiger partial charge in [0.2, 0.25) is 0 Å². The van der Waals surface area contributed by atoms with Crippen LogP contribution in [0.25, 0.3) is 11.1 Å². The minimum Gasteiger partial charge on any atom is -0.508 e. The van der Waals surface area contributed by atoms with Crippen molar-refractivity contribution in [2.45, 2.75) is 6.61 Å². The Morgan fingerprint density at radius 2 is 1.31 bits per heavy atom. The highest BCUT2D eigenvalue weighted by Gasteiger charge is 2.09. The van der Waals surface area contributed by atoms with Gasteiger partial charge in [0.1, 0.15) is 18.1 Å². The minimum absolute atomic E-state index is 0.0192. The molecule has 0 aliphatic rings. The maximum Gasteiger partial charge on any atom is 0.193 e. The van der Waals surface area contributed by atoms with Crippen LogP contribution in [0.4, 0.5) is 0 Å². The molecule has 142 valence electrons. The Bertz CT molecular complexity index is 1100. The van der Waals surface area contributed by atoms with Crippen molar-refractivity contribution >= 4 is 5.78 Å². The zero-order valence-corrected chi connectivity index (χ0v) is 15.8. The maximum absolute atomic E-state index is 12.6. The van der Waals surface area contributed by atoms with Crippen molar-refractivity contribution < 1.29 is 14.6 Å². The van der Waals surface area contributed by atoms with Gasteiger partial charge in [-0.05, 0) is 41.0 Å². The molecule has 1 N–H and O–H groups in total. The number of phenols is 1. The van der Waals surface area contributed by atoms with Crippen LogP contribution in [0.5, 0.6) is 11.5 Å². The number of aromatic hydroxyl groups is 1. The Labute approximate surface area is 169 Å². The molecular weight excluding hydrogens is 360 g/mol. The van der Waals surface area contributed by atoms with E-state index >= 15 is 0 Å². The highest BCUT2D eigenvalue weighted by molar-refractivity contribution is 6.09. The van der Waals surface area contributed by atoms with Crippen LogP contribution in [-0.2, 0) is 6.61 Å². The fourth-order valence-corrected chi connectivity index (χ4v) is 3.10. The third-order valence-corrected chi connectivity index (χ3v) is 4.69. The smallest absolute Gasteiger partial charge is 0.193 e. The molecule has 0 saturated carbocycles. The lowest BCUT2D eigenvalue weighted by atomic mass is 10.0. The van der Waals surface area contributed by atoms with Gasteiger partial charge in [-0.15, -0.1) is 0 Å². The molecule has 0 spiro atoms. The molecule has 0 radical (unpaired) electrons. The van der Waals surface area contributed by atoms with E-state index in [0.717, 1.165) is 16.7 Å². The van der Waals surface area contributed by atoms with Crippen LogP contribution in [0.15, 0.2) is 103 Å². The zero-order valence-electron chi connectivity index (χ0n) is 15.8. The molecule has 0 saturated heterocycles. The van der Waals surface area contributed by atoms with E-state index in [-0.39, 0.29) is 11.5 Å². The zero-order chi connectivity index (χ0) is 20.1. The molecule has 4 rings (SSSR count). The summed E-state index contributed by atoms with van der Waals surface area (Å²) in [6.45, 7) is 0.416. The molecule has 4 aromatic carbocycles. The molecule has 3 nitrogen and oxygen atoms in total. The molecule has 3 heteroatoms. The fraction of sp³-hybridized carbons (Fsp3) is 0.0385. The van der Waals surface area contributed by atoms with Gasteiger partial charge in [0.25, 0.3) is 0 Å². The standard InChI is InChI=1S/C26H20O3/c27-24-15-13-21(14-16-24)20-11-9-19(10-12-20)18-29-25-8-4-7-23(17-25)26(28)22-5-2-1-3-6-22/h1-17,27H,18H2. The van der Waals surface area contributed by atoms with Crippen molar-refractivity contribution in [2.24, 2.45) is 0 Å². The highest BCUT2D eigenvalue weighted by Crippen LogP contribution is 2.23. The monoisotopic (exact) mass is 380 g/mol. The molecular formula is C26H20O3. The normalized spacial score (nSPS) is 10.5. The van der Waals surface area contributed by atoms with Gasteiger partial charge >= 0.3 is 0 Å². The SMILES string of the molecule is O=C(c1ccccc1)c1cccc(OCc2ccc(-c3ccc(O)cc3)cc2)c1. The second-order valence-corrected chi connectivity index (χ2v) is 6.76. The van der Waals surface area contributed by atoms with Crippen LogP contribution >= 0.6 is 0 Å². The Morgan fingerprint density at radius 1 is 0.690 bits per heavy atom. The number of phenolic OH excluding ortho intramolecular Hbond substituents is 1. The molecule has 29 heavy (non-hydrogen) atoms. The number of hydrogen-bond donors (Lipinski definition) is 1. The van der Waals surface area contributed by atoms with Gasteiger partial charge in [0, 0.05) is 11.1 Å². The molecule has 0 aromatic heterocycles. The summed E-state index contributed by atoms with van der Waals surface area (Å²) in [7, 11) is 0. The Balaban J connectivity index is 1.43. The van der Waals surface area contributed by atoms with Crippen LogP contribution in [0.3, 0.4) is 0 Å². The number of carbonyl (C=O) groups excluding carboxylic acids is 1. The Kier molecular flexibility index (Phi) is 5.39. The summed E-state index contributed by atoms with van der Waals surface area (Å²) in [4.78, 5) is 12.6. The van der Waals surface area contributed by atoms with E-state index in [1.54, 1.807) is 24.3 Å². The first-order valence-corrected chi connectivity index (χ1v) is 9.40. The number of ether oxygens (including phenoxy) is 1. The van der Waals surface area contributed by atoms with Crippen LogP contribution < -0.4 is 4.74 Å². The number of benzene rings is 4.